The number of rotatable bonds is 3. The molecule has 0 fully saturated rings. The number of aryl methyl sites for hydroxylation is 1. The number of amides is 1. The van der Waals surface area contributed by atoms with Crippen molar-refractivity contribution >= 4 is 16.8 Å². The minimum Gasteiger partial charge on any atom is -0.392 e. The van der Waals surface area contributed by atoms with Gasteiger partial charge in [-0.25, -0.2) is 13.8 Å². The fourth-order valence-corrected chi connectivity index (χ4v) is 2.88. The number of benzene rings is 2. The summed E-state index contributed by atoms with van der Waals surface area (Å²) < 4.78 is 27.8. The van der Waals surface area contributed by atoms with E-state index in [-0.39, 0.29) is 16.8 Å². The molecule has 2 aromatic carbocycles. The van der Waals surface area contributed by atoms with Gasteiger partial charge in [-0.2, -0.15) is 0 Å². The van der Waals surface area contributed by atoms with Crippen LogP contribution in [0.1, 0.15) is 21.6 Å². The molecule has 0 radical (unpaired) electrons. The van der Waals surface area contributed by atoms with Crippen LogP contribution in [0.3, 0.4) is 0 Å². The highest BCUT2D eigenvalue weighted by Crippen LogP contribution is 2.35. The summed E-state index contributed by atoms with van der Waals surface area (Å²) in [5.74, 6) is -1.96. The molecule has 25 heavy (non-hydrogen) atoms. The van der Waals surface area contributed by atoms with Crippen molar-refractivity contribution in [3.63, 3.8) is 0 Å². The Morgan fingerprint density at radius 1 is 1.20 bits per heavy atom. The van der Waals surface area contributed by atoms with Crippen molar-refractivity contribution in [1.82, 2.24) is 10.3 Å². The topological polar surface area (TPSA) is 62.2 Å². The normalized spacial score (nSPS) is 10.9. The zero-order valence-corrected chi connectivity index (χ0v) is 13.7. The van der Waals surface area contributed by atoms with Crippen LogP contribution in [-0.2, 0) is 6.61 Å². The average Bonchev–Trinajstić information content (AvgIpc) is 2.60. The Hall–Kier alpha value is -2.86. The van der Waals surface area contributed by atoms with Gasteiger partial charge >= 0.3 is 0 Å². The Kier molecular flexibility index (Phi) is 4.46. The van der Waals surface area contributed by atoms with Gasteiger partial charge in [0.2, 0.25) is 0 Å². The second-order valence-electron chi connectivity index (χ2n) is 5.70. The molecule has 1 heterocycles. The van der Waals surface area contributed by atoms with Crippen molar-refractivity contribution in [2.45, 2.75) is 13.5 Å². The summed E-state index contributed by atoms with van der Waals surface area (Å²) in [5, 5.41) is 12.9. The number of nitrogens with zero attached hydrogens (tertiary/aromatic N) is 1. The molecule has 6 heteroatoms. The third kappa shape index (κ3) is 2.96. The van der Waals surface area contributed by atoms with Crippen LogP contribution in [0, 0.1) is 18.6 Å². The maximum Gasteiger partial charge on any atom is 0.270 e. The highest BCUT2D eigenvalue weighted by Gasteiger charge is 2.22. The van der Waals surface area contributed by atoms with Gasteiger partial charge in [-0.1, -0.05) is 11.6 Å². The van der Waals surface area contributed by atoms with Gasteiger partial charge in [0.1, 0.15) is 17.3 Å². The number of aliphatic hydroxyl groups is 1. The summed E-state index contributed by atoms with van der Waals surface area (Å²) in [6.07, 6.45) is 0. The van der Waals surface area contributed by atoms with Gasteiger partial charge in [-0.05, 0) is 31.2 Å². The maximum atomic E-state index is 14.5. The summed E-state index contributed by atoms with van der Waals surface area (Å²) in [5.41, 5.74) is 2.05. The first-order chi connectivity index (χ1) is 12.0. The Morgan fingerprint density at radius 3 is 2.60 bits per heavy atom. The molecular weight excluding hydrogens is 326 g/mol. The van der Waals surface area contributed by atoms with Gasteiger partial charge in [0.25, 0.3) is 5.91 Å². The van der Waals surface area contributed by atoms with Gasteiger partial charge in [0.15, 0.2) is 0 Å². The van der Waals surface area contributed by atoms with E-state index in [1.54, 1.807) is 12.1 Å². The predicted molar refractivity (Wildman–Crippen MR) is 91.1 cm³/mol. The Balaban J connectivity index is 2.48. The number of fused-ring (bicyclic) bond motifs is 1. The van der Waals surface area contributed by atoms with Crippen LogP contribution < -0.4 is 5.32 Å². The number of hydrogen-bond acceptors (Lipinski definition) is 3. The third-order valence-corrected chi connectivity index (χ3v) is 4.04. The molecule has 0 bridgehead atoms. The lowest BCUT2D eigenvalue weighted by molar-refractivity contribution is 0.0955. The van der Waals surface area contributed by atoms with E-state index >= 15 is 0 Å². The smallest absolute Gasteiger partial charge is 0.270 e. The summed E-state index contributed by atoms with van der Waals surface area (Å²) in [4.78, 5) is 16.5. The molecule has 0 aliphatic rings. The molecule has 128 valence electrons. The fourth-order valence-electron chi connectivity index (χ4n) is 2.88. The summed E-state index contributed by atoms with van der Waals surface area (Å²) in [6, 6.07) is 8.57. The van der Waals surface area contributed by atoms with Crippen LogP contribution in [0.4, 0.5) is 8.78 Å². The van der Waals surface area contributed by atoms with E-state index in [1.807, 2.05) is 13.0 Å². The lowest BCUT2D eigenvalue weighted by Crippen LogP contribution is -2.22. The average molecular weight is 342 g/mol. The second kappa shape index (κ2) is 6.57. The molecule has 0 saturated heterocycles. The molecular formula is C19H16F2N2O2. The minimum atomic E-state index is -0.772. The standard InChI is InChI=1S/C19H16F2N2O2/c1-10-3-6-16-13(7-10)17(12-5-4-11(20)8-15(12)21)14(9-24)18(23-16)19(25)22-2/h3-8,24H,9H2,1-2H3,(H,22,25). The Bertz CT molecular complexity index is 987. The summed E-state index contributed by atoms with van der Waals surface area (Å²) in [6.45, 7) is 1.36. The van der Waals surface area contributed by atoms with Crippen LogP contribution in [0.25, 0.3) is 22.0 Å². The lowest BCUT2D eigenvalue weighted by Gasteiger charge is -2.16. The molecule has 1 amide bonds. The monoisotopic (exact) mass is 342 g/mol. The van der Waals surface area contributed by atoms with Gasteiger partial charge in [0, 0.05) is 35.2 Å². The fraction of sp³-hybridized carbons (Fsp3) is 0.158. The van der Waals surface area contributed by atoms with E-state index in [0.29, 0.717) is 16.5 Å². The molecule has 0 spiro atoms. The van der Waals surface area contributed by atoms with Crippen LogP contribution in [0.15, 0.2) is 36.4 Å². The van der Waals surface area contributed by atoms with Gasteiger partial charge in [-0.3, -0.25) is 4.79 Å². The van der Waals surface area contributed by atoms with E-state index in [1.165, 1.54) is 13.1 Å². The summed E-state index contributed by atoms with van der Waals surface area (Å²) in [7, 11) is 1.45. The number of aromatic nitrogens is 1. The first-order valence-electron chi connectivity index (χ1n) is 7.68. The predicted octanol–water partition coefficient (Wildman–Crippen LogP) is 3.34. The second-order valence-corrected chi connectivity index (χ2v) is 5.70. The van der Waals surface area contributed by atoms with Crippen molar-refractivity contribution < 1.29 is 18.7 Å². The SMILES string of the molecule is CNC(=O)c1nc2ccc(C)cc2c(-c2ccc(F)cc2F)c1CO. The van der Waals surface area contributed by atoms with Crippen LogP contribution in [0.5, 0.6) is 0 Å². The largest absolute Gasteiger partial charge is 0.392 e. The molecule has 0 aliphatic carbocycles. The highest BCUT2D eigenvalue weighted by atomic mass is 19.1. The van der Waals surface area contributed by atoms with Gasteiger partial charge in [0.05, 0.1) is 12.1 Å². The van der Waals surface area contributed by atoms with Crippen molar-refractivity contribution in [3.05, 3.63) is 64.9 Å². The van der Waals surface area contributed by atoms with Crippen LogP contribution in [-0.4, -0.2) is 23.0 Å². The number of carbonyl (C=O) groups excluding carboxylic acids is 1. The van der Waals surface area contributed by atoms with Gasteiger partial charge in [-0.15, -0.1) is 0 Å². The van der Waals surface area contributed by atoms with Crippen molar-refractivity contribution in [2.24, 2.45) is 0 Å². The summed E-state index contributed by atoms with van der Waals surface area (Å²) >= 11 is 0. The Labute approximate surface area is 143 Å². The number of carbonyl (C=O) groups is 1. The van der Waals surface area contributed by atoms with Crippen LogP contribution in [0.2, 0.25) is 0 Å². The number of pyridine rings is 1. The van der Waals surface area contributed by atoms with E-state index < -0.39 is 24.1 Å². The molecule has 0 unspecified atom stereocenters. The zero-order chi connectivity index (χ0) is 18.1. The van der Waals surface area contributed by atoms with Gasteiger partial charge < -0.3 is 10.4 Å². The van der Waals surface area contributed by atoms with E-state index in [2.05, 4.69) is 10.3 Å². The molecule has 0 saturated carbocycles. The zero-order valence-electron chi connectivity index (χ0n) is 13.7. The molecule has 0 atom stereocenters. The maximum absolute atomic E-state index is 14.5. The highest BCUT2D eigenvalue weighted by molar-refractivity contribution is 6.04. The first-order valence-corrected chi connectivity index (χ1v) is 7.68. The van der Waals surface area contributed by atoms with Crippen LogP contribution >= 0.6 is 0 Å². The number of halogens is 2. The van der Waals surface area contributed by atoms with Crippen molar-refractivity contribution in [1.29, 1.82) is 0 Å². The quantitative estimate of drug-likeness (QED) is 0.767. The minimum absolute atomic E-state index is 0.0140. The van der Waals surface area contributed by atoms with E-state index in [0.717, 1.165) is 17.7 Å². The first kappa shape index (κ1) is 17.0. The lowest BCUT2D eigenvalue weighted by atomic mass is 9.93. The molecule has 2 N–H and O–H groups in total. The molecule has 3 rings (SSSR count). The molecule has 0 aliphatic heterocycles. The third-order valence-electron chi connectivity index (χ3n) is 4.04. The molecule has 4 nitrogen and oxygen atoms in total. The number of nitrogens with one attached hydrogen (secondary N) is 1. The number of hydrogen-bond donors (Lipinski definition) is 2. The number of aliphatic hydroxyl groups excluding tert-OH is 1. The van der Waals surface area contributed by atoms with E-state index in [9.17, 15) is 18.7 Å². The van der Waals surface area contributed by atoms with E-state index in [4.69, 9.17) is 0 Å². The van der Waals surface area contributed by atoms with Crippen molar-refractivity contribution in [3.8, 4) is 11.1 Å². The van der Waals surface area contributed by atoms with Crippen molar-refractivity contribution in [2.75, 3.05) is 7.05 Å². The Morgan fingerprint density at radius 2 is 1.96 bits per heavy atom. The molecule has 3 aromatic rings. The molecule has 1 aromatic heterocycles.